The number of benzene rings is 2. The Balaban J connectivity index is 2.17. The first kappa shape index (κ1) is 14.3. The van der Waals surface area contributed by atoms with Crippen LogP contribution in [0.15, 0.2) is 63.8 Å². The second kappa shape index (κ2) is 5.28. The Morgan fingerprint density at radius 2 is 1.73 bits per heavy atom. The van der Waals surface area contributed by atoms with E-state index in [0.717, 1.165) is 5.56 Å². The van der Waals surface area contributed by atoms with Crippen molar-refractivity contribution in [1.29, 1.82) is 0 Å². The lowest BCUT2D eigenvalue weighted by Crippen LogP contribution is -2.18. The van der Waals surface area contributed by atoms with E-state index >= 15 is 0 Å². The van der Waals surface area contributed by atoms with E-state index in [1.807, 2.05) is 18.2 Å². The molecule has 2 N–H and O–H groups in total. The molecule has 0 fully saturated rings. The van der Waals surface area contributed by atoms with Gasteiger partial charge >= 0.3 is 10.3 Å². The average molecular weight is 317 g/mol. The lowest BCUT2D eigenvalue weighted by molar-refractivity contribution is 0.487. The van der Waals surface area contributed by atoms with Gasteiger partial charge in [-0.05, 0) is 12.1 Å². The van der Waals surface area contributed by atoms with E-state index in [2.05, 4.69) is 4.18 Å². The van der Waals surface area contributed by atoms with E-state index in [-0.39, 0.29) is 16.8 Å². The zero-order chi connectivity index (χ0) is 15.7. The minimum Gasteiger partial charge on any atom is -0.456 e. The predicted octanol–water partition coefficient (Wildman–Crippen LogP) is 2.04. The van der Waals surface area contributed by atoms with E-state index in [0.29, 0.717) is 11.1 Å². The Morgan fingerprint density at radius 3 is 2.41 bits per heavy atom. The third kappa shape index (κ3) is 3.00. The third-order valence-electron chi connectivity index (χ3n) is 2.97. The molecular formula is C15H11NO5S. The van der Waals surface area contributed by atoms with E-state index < -0.39 is 10.3 Å². The largest absolute Gasteiger partial charge is 0.456 e. The van der Waals surface area contributed by atoms with Crippen LogP contribution in [-0.2, 0) is 10.3 Å². The highest BCUT2D eigenvalue weighted by molar-refractivity contribution is 7.84. The van der Waals surface area contributed by atoms with Gasteiger partial charge in [0.1, 0.15) is 17.1 Å². The lowest BCUT2D eigenvalue weighted by atomic mass is 10.1. The van der Waals surface area contributed by atoms with Crippen molar-refractivity contribution in [2.24, 2.45) is 5.14 Å². The molecule has 0 radical (unpaired) electrons. The van der Waals surface area contributed by atoms with Crippen molar-refractivity contribution in [3.05, 3.63) is 64.8 Å². The van der Waals surface area contributed by atoms with Gasteiger partial charge in [-0.25, -0.2) is 0 Å². The Hall–Kier alpha value is -2.64. The van der Waals surface area contributed by atoms with Crippen LogP contribution in [0, 0.1) is 0 Å². The van der Waals surface area contributed by atoms with Crippen molar-refractivity contribution in [1.82, 2.24) is 0 Å². The number of fused-ring (bicyclic) bond motifs is 1. The first-order chi connectivity index (χ1) is 10.4. The van der Waals surface area contributed by atoms with Crippen LogP contribution in [-0.4, -0.2) is 8.42 Å². The van der Waals surface area contributed by atoms with Crippen LogP contribution in [0.1, 0.15) is 0 Å². The fraction of sp³-hybridized carbons (Fsp3) is 0. The van der Waals surface area contributed by atoms with Gasteiger partial charge in [-0.1, -0.05) is 30.3 Å². The molecule has 0 saturated heterocycles. The second-order valence-electron chi connectivity index (χ2n) is 4.58. The maximum absolute atomic E-state index is 12.1. The molecule has 0 unspecified atom stereocenters. The monoisotopic (exact) mass is 317 g/mol. The van der Waals surface area contributed by atoms with Gasteiger partial charge in [-0.3, -0.25) is 4.79 Å². The molecule has 7 heteroatoms. The summed E-state index contributed by atoms with van der Waals surface area (Å²) < 4.78 is 32.2. The number of hydrogen-bond donors (Lipinski definition) is 1. The van der Waals surface area contributed by atoms with Crippen LogP contribution in [0.4, 0.5) is 0 Å². The molecule has 1 heterocycles. The van der Waals surface area contributed by atoms with Crippen LogP contribution < -0.4 is 14.8 Å². The number of hydrogen-bond acceptors (Lipinski definition) is 5. The van der Waals surface area contributed by atoms with Gasteiger partial charge in [-0.15, -0.1) is 0 Å². The summed E-state index contributed by atoms with van der Waals surface area (Å²) in [5.41, 5.74) is 0.717. The molecule has 6 nitrogen and oxygen atoms in total. The molecule has 0 aliphatic heterocycles. The molecule has 22 heavy (non-hydrogen) atoms. The standard InChI is InChI=1S/C15H11NO5S/c16-22(18,19)21-11-6-7-12-13(17)9-14(20-15(12)8-11)10-4-2-1-3-5-10/h1-9H,(H2,16,18,19). The molecule has 1 aromatic heterocycles. The highest BCUT2D eigenvalue weighted by atomic mass is 32.2. The number of nitrogens with two attached hydrogens (primary N) is 1. The van der Waals surface area contributed by atoms with Gasteiger partial charge in [0.05, 0.1) is 5.39 Å². The Bertz CT molecular complexity index is 993. The normalized spacial score (nSPS) is 11.5. The summed E-state index contributed by atoms with van der Waals surface area (Å²) in [5, 5.41) is 5.14. The topological polar surface area (TPSA) is 99.6 Å². The fourth-order valence-corrected chi connectivity index (χ4v) is 2.44. The average Bonchev–Trinajstić information content (AvgIpc) is 2.46. The van der Waals surface area contributed by atoms with Crippen molar-refractivity contribution in [3.63, 3.8) is 0 Å². The zero-order valence-corrected chi connectivity index (χ0v) is 12.0. The zero-order valence-electron chi connectivity index (χ0n) is 11.2. The minimum atomic E-state index is -4.14. The summed E-state index contributed by atoms with van der Waals surface area (Å²) >= 11 is 0. The van der Waals surface area contributed by atoms with Crippen LogP contribution >= 0.6 is 0 Å². The summed E-state index contributed by atoms with van der Waals surface area (Å²) in [4.78, 5) is 12.1. The van der Waals surface area contributed by atoms with Crippen LogP contribution in [0.25, 0.3) is 22.3 Å². The maximum Gasteiger partial charge on any atom is 0.380 e. The molecule has 3 aromatic rings. The summed E-state index contributed by atoms with van der Waals surface area (Å²) in [5.74, 6) is 0.356. The minimum absolute atomic E-state index is 0.0247. The molecule has 0 atom stereocenters. The van der Waals surface area contributed by atoms with E-state index in [9.17, 15) is 13.2 Å². The molecule has 3 rings (SSSR count). The second-order valence-corrected chi connectivity index (χ2v) is 5.73. The van der Waals surface area contributed by atoms with Gasteiger partial charge in [0, 0.05) is 17.7 Å². The van der Waals surface area contributed by atoms with Gasteiger partial charge in [0.2, 0.25) is 0 Å². The van der Waals surface area contributed by atoms with Crippen molar-refractivity contribution >= 4 is 21.3 Å². The quantitative estimate of drug-likeness (QED) is 0.797. The summed E-state index contributed by atoms with van der Waals surface area (Å²) in [6.45, 7) is 0. The maximum atomic E-state index is 12.1. The SMILES string of the molecule is NS(=O)(=O)Oc1ccc2c(=O)cc(-c3ccccc3)oc2c1. The van der Waals surface area contributed by atoms with Crippen molar-refractivity contribution < 1.29 is 17.0 Å². The third-order valence-corrected chi connectivity index (χ3v) is 3.40. The van der Waals surface area contributed by atoms with Crippen molar-refractivity contribution in [2.45, 2.75) is 0 Å². The molecular weight excluding hydrogens is 306 g/mol. The smallest absolute Gasteiger partial charge is 0.380 e. The Morgan fingerprint density at radius 1 is 1.00 bits per heavy atom. The fourth-order valence-electron chi connectivity index (χ4n) is 2.07. The molecule has 2 aromatic carbocycles. The van der Waals surface area contributed by atoms with Crippen molar-refractivity contribution in [3.8, 4) is 17.1 Å². The van der Waals surface area contributed by atoms with E-state index in [4.69, 9.17) is 9.56 Å². The molecule has 0 aliphatic carbocycles. The van der Waals surface area contributed by atoms with Crippen LogP contribution in [0.5, 0.6) is 5.75 Å². The Labute approximate surface area is 126 Å². The Kier molecular flexibility index (Phi) is 3.44. The first-order valence-corrected chi connectivity index (χ1v) is 7.75. The summed E-state index contributed by atoms with van der Waals surface area (Å²) in [6, 6.07) is 14.6. The van der Waals surface area contributed by atoms with Crippen molar-refractivity contribution in [2.75, 3.05) is 0 Å². The van der Waals surface area contributed by atoms with Crippen LogP contribution in [0.3, 0.4) is 0 Å². The molecule has 0 spiro atoms. The van der Waals surface area contributed by atoms with Gasteiger partial charge in [0.25, 0.3) is 0 Å². The molecule has 0 saturated carbocycles. The summed E-state index contributed by atoms with van der Waals surface area (Å²) in [6.07, 6.45) is 0. The highest BCUT2D eigenvalue weighted by Crippen LogP contribution is 2.25. The lowest BCUT2D eigenvalue weighted by Gasteiger charge is -2.05. The predicted molar refractivity (Wildman–Crippen MR) is 81.7 cm³/mol. The molecule has 0 aliphatic rings. The molecule has 0 bridgehead atoms. The molecule has 0 amide bonds. The number of rotatable bonds is 3. The van der Waals surface area contributed by atoms with Gasteiger partial charge in [0.15, 0.2) is 5.43 Å². The summed E-state index contributed by atoms with van der Waals surface area (Å²) in [7, 11) is -4.14. The van der Waals surface area contributed by atoms with E-state index in [1.165, 1.54) is 24.3 Å². The van der Waals surface area contributed by atoms with Gasteiger partial charge < -0.3 is 8.60 Å². The molecule has 112 valence electrons. The highest BCUT2D eigenvalue weighted by Gasteiger charge is 2.10. The van der Waals surface area contributed by atoms with Crippen LogP contribution in [0.2, 0.25) is 0 Å². The van der Waals surface area contributed by atoms with Gasteiger partial charge in [-0.2, -0.15) is 13.6 Å². The van der Waals surface area contributed by atoms with E-state index in [1.54, 1.807) is 12.1 Å². The first-order valence-electron chi connectivity index (χ1n) is 6.28.